The second-order valence-corrected chi connectivity index (χ2v) is 16.6. The van der Waals surface area contributed by atoms with Gasteiger partial charge in [-0.25, -0.2) is 23.2 Å². The molecule has 1 fully saturated rings. The summed E-state index contributed by atoms with van der Waals surface area (Å²) in [6.45, 7) is 5.84. The van der Waals surface area contributed by atoms with Crippen molar-refractivity contribution in [2.45, 2.75) is 68.2 Å². The van der Waals surface area contributed by atoms with Crippen molar-refractivity contribution >= 4 is 39.0 Å². The summed E-state index contributed by atoms with van der Waals surface area (Å²) in [7, 11) is -1.98. The highest BCUT2D eigenvalue weighted by atomic mass is 35.5. The number of ether oxygens (including phenoxy) is 1. The van der Waals surface area contributed by atoms with Gasteiger partial charge in [-0.15, -0.1) is 0 Å². The molecule has 6 rings (SSSR count). The van der Waals surface area contributed by atoms with Crippen molar-refractivity contribution in [1.82, 2.24) is 14.9 Å². The van der Waals surface area contributed by atoms with Crippen molar-refractivity contribution in [3.63, 3.8) is 0 Å². The molecule has 1 unspecified atom stereocenters. The number of hydrogen-bond acceptors (Lipinski definition) is 8. The predicted octanol–water partition coefficient (Wildman–Crippen LogP) is 5.67. The fraction of sp³-hybridized carbons (Fsp3) is 0.500. The molecule has 1 N–H and O–H groups in total. The summed E-state index contributed by atoms with van der Waals surface area (Å²) in [6, 6.07) is 12.8. The second-order valence-electron chi connectivity index (χ2n) is 13.9. The number of amides is 1. The Labute approximate surface area is 287 Å². The number of fused-ring (bicyclic) bond motifs is 3. The molecular formula is C36H43ClN4O6S. The van der Waals surface area contributed by atoms with Crippen LogP contribution in [0.1, 0.15) is 67.4 Å². The molecule has 2 heterocycles. The Kier molecular flexibility index (Phi) is 9.73. The van der Waals surface area contributed by atoms with Crippen LogP contribution in [0.25, 0.3) is 0 Å². The third-order valence-electron chi connectivity index (χ3n) is 10.8. The zero-order valence-electron chi connectivity index (χ0n) is 27.6. The second kappa shape index (κ2) is 13.7. The number of carbonyl (C=O) groups is 2. The first-order valence-corrected chi connectivity index (χ1v) is 18.6. The van der Waals surface area contributed by atoms with Crippen LogP contribution in [0.5, 0.6) is 5.75 Å². The number of nitrogens with zero attached hydrogens (tertiary/aromatic N) is 4. The van der Waals surface area contributed by atoms with E-state index in [0.717, 1.165) is 42.8 Å². The van der Waals surface area contributed by atoms with E-state index in [2.05, 4.69) is 27.0 Å². The first-order chi connectivity index (χ1) is 22.9. The van der Waals surface area contributed by atoms with Crippen molar-refractivity contribution in [3.8, 4) is 5.75 Å². The van der Waals surface area contributed by atoms with Crippen LogP contribution in [0.3, 0.4) is 0 Å². The summed E-state index contributed by atoms with van der Waals surface area (Å²) >= 11 is 6.39. The molecular weight excluding hydrogens is 652 g/mol. The van der Waals surface area contributed by atoms with Gasteiger partial charge >= 0.3 is 5.97 Å². The maximum absolute atomic E-state index is 13.4. The van der Waals surface area contributed by atoms with Gasteiger partial charge in [0.05, 0.1) is 23.1 Å². The molecule has 2 aromatic carbocycles. The Hall–Kier alpha value is -3.70. The molecule has 10 nitrogen and oxygen atoms in total. The third-order valence-corrected chi connectivity index (χ3v) is 13.2. The number of benzene rings is 2. The van der Waals surface area contributed by atoms with Crippen LogP contribution in [-0.2, 0) is 26.5 Å². The van der Waals surface area contributed by atoms with Crippen molar-refractivity contribution < 1.29 is 27.9 Å². The summed E-state index contributed by atoms with van der Waals surface area (Å²) < 4.78 is 32.6. The zero-order valence-corrected chi connectivity index (χ0v) is 29.2. The molecule has 0 bridgehead atoms. The first-order valence-electron chi connectivity index (χ1n) is 16.7. The summed E-state index contributed by atoms with van der Waals surface area (Å²) in [5, 5.41) is 9.51. The topological polar surface area (TPSA) is 130 Å². The van der Waals surface area contributed by atoms with E-state index in [9.17, 15) is 23.1 Å². The number of sulfone groups is 1. The zero-order chi connectivity index (χ0) is 34.2. The van der Waals surface area contributed by atoms with Crippen LogP contribution in [0.4, 0.5) is 5.69 Å². The number of carbonyl (C=O) groups excluding carboxylic acids is 1. The molecule has 1 aliphatic heterocycles. The number of carboxylic acid groups (broad SMARTS) is 1. The average Bonchev–Trinajstić information content (AvgIpc) is 3.22. The molecule has 3 aromatic rings. The molecule has 48 heavy (non-hydrogen) atoms. The molecule has 1 saturated carbocycles. The fourth-order valence-electron chi connectivity index (χ4n) is 7.60. The van der Waals surface area contributed by atoms with Crippen LogP contribution in [-0.4, -0.2) is 78.8 Å². The minimum Gasteiger partial charge on any atom is -0.490 e. The van der Waals surface area contributed by atoms with Crippen molar-refractivity contribution in [3.05, 3.63) is 76.6 Å². The number of halogens is 1. The van der Waals surface area contributed by atoms with E-state index in [-0.39, 0.29) is 40.3 Å². The normalized spacial score (nSPS) is 23.1. The lowest BCUT2D eigenvalue weighted by atomic mass is 9.69. The Morgan fingerprint density at radius 3 is 2.58 bits per heavy atom. The number of carboxylic acids is 1. The van der Waals surface area contributed by atoms with Crippen molar-refractivity contribution in [2.24, 2.45) is 17.8 Å². The molecule has 12 heteroatoms. The SMILES string of the molecule is C[C@H](CC(=O)N(C)C[C@@H]1CC[C@H]1CN1CC2(CCCc3cc(Cl)ccc32)COc2ccc(C(=O)O)cc21)[C@H](C)S(=O)(=O)c1ncccn1. The monoisotopic (exact) mass is 694 g/mol. The van der Waals surface area contributed by atoms with Gasteiger partial charge < -0.3 is 19.6 Å². The van der Waals surface area contributed by atoms with E-state index in [1.54, 1.807) is 50.1 Å². The number of hydrogen-bond donors (Lipinski definition) is 1. The lowest BCUT2D eigenvalue weighted by Crippen LogP contribution is -2.49. The highest BCUT2D eigenvalue weighted by molar-refractivity contribution is 7.91. The molecule has 5 atom stereocenters. The maximum Gasteiger partial charge on any atom is 0.335 e. The summed E-state index contributed by atoms with van der Waals surface area (Å²) in [5.41, 5.74) is 3.21. The number of anilines is 1. The Balaban J connectivity index is 1.17. The van der Waals surface area contributed by atoms with Gasteiger partial charge in [0, 0.05) is 55.9 Å². The Bertz CT molecular complexity index is 1790. The lowest BCUT2D eigenvalue weighted by molar-refractivity contribution is -0.132. The van der Waals surface area contributed by atoms with E-state index in [1.165, 1.54) is 23.5 Å². The minimum atomic E-state index is -3.77. The van der Waals surface area contributed by atoms with Gasteiger partial charge in [0.25, 0.3) is 0 Å². The van der Waals surface area contributed by atoms with E-state index < -0.39 is 27.0 Å². The van der Waals surface area contributed by atoms with Crippen molar-refractivity contribution in [2.75, 3.05) is 38.2 Å². The van der Waals surface area contributed by atoms with Gasteiger partial charge in [-0.2, -0.15) is 0 Å². The molecule has 1 spiro atoms. The highest BCUT2D eigenvalue weighted by Gasteiger charge is 2.44. The molecule has 256 valence electrons. The van der Waals surface area contributed by atoms with Crippen LogP contribution >= 0.6 is 11.6 Å². The summed E-state index contributed by atoms with van der Waals surface area (Å²) in [4.78, 5) is 37.2. The van der Waals surface area contributed by atoms with Crippen molar-refractivity contribution in [1.29, 1.82) is 0 Å². The number of rotatable bonds is 10. The Morgan fingerprint density at radius 2 is 1.88 bits per heavy atom. The molecule has 0 saturated heterocycles. The largest absolute Gasteiger partial charge is 0.490 e. The number of aromatic carboxylic acids is 1. The fourth-order valence-corrected chi connectivity index (χ4v) is 9.25. The van der Waals surface area contributed by atoms with Gasteiger partial charge in [0.2, 0.25) is 20.9 Å². The molecule has 1 aromatic heterocycles. The summed E-state index contributed by atoms with van der Waals surface area (Å²) in [6.07, 6.45) is 7.80. The van der Waals surface area contributed by atoms with E-state index in [0.29, 0.717) is 32.0 Å². The highest BCUT2D eigenvalue weighted by Crippen LogP contribution is 2.46. The smallest absolute Gasteiger partial charge is 0.335 e. The van der Waals surface area contributed by atoms with Gasteiger partial charge in [-0.1, -0.05) is 24.6 Å². The van der Waals surface area contributed by atoms with Gasteiger partial charge in [0.15, 0.2) is 0 Å². The average molecular weight is 695 g/mol. The van der Waals surface area contributed by atoms with E-state index >= 15 is 0 Å². The van der Waals surface area contributed by atoms with Crippen LogP contribution in [0.2, 0.25) is 5.02 Å². The standard InChI is InChI=1S/C36H43ClN4O6S/c1-23(24(2)48(45,46)35-38-14-5-15-39-35)16-33(42)40(3)19-27-7-8-28(27)20-41-21-36(13-4-6-25-17-29(37)10-11-30(25)36)22-47-32-12-9-26(34(43)44)18-31(32)41/h5,9-12,14-15,17-18,23-24,27-28H,4,6-8,13,16,19-22H2,1-3H3,(H,43,44)/t23-,24+,27+,28+,36?/m1/s1. The Morgan fingerprint density at radius 1 is 1.12 bits per heavy atom. The first kappa shape index (κ1) is 34.2. The van der Waals surface area contributed by atoms with E-state index in [1.807, 2.05) is 6.07 Å². The summed E-state index contributed by atoms with van der Waals surface area (Å²) in [5.74, 6) is -0.273. The van der Waals surface area contributed by atoms with Gasteiger partial charge in [-0.05, 0) is 104 Å². The van der Waals surface area contributed by atoms with Crippen LogP contribution < -0.4 is 9.64 Å². The van der Waals surface area contributed by atoms with Crippen LogP contribution in [0.15, 0.2) is 60.0 Å². The molecule has 2 aliphatic carbocycles. The number of aryl methyl sites for hydroxylation is 1. The van der Waals surface area contributed by atoms with Gasteiger partial charge in [0.1, 0.15) is 5.75 Å². The van der Waals surface area contributed by atoms with Crippen LogP contribution in [0, 0.1) is 17.8 Å². The number of aromatic nitrogens is 2. The van der Waals surface area contributed by atoms with Gasteiger partial charge in [-0.3, -0.25) is 4.79 Å². The molecule has 1 amide bonds. The minimum absolute atomic E-state index is 0.0970. The molecule has 0 radical (unpaired) electrons. The quantitative estimate of drug-likeness (QED) is 0.267. The maximum atomic E-state index is 13.4. The predicted molar refractivity (Wildman–Crippen MR) is 183 cm³/mol. The van der Waals surface area contributed by atoms with E-state index in [4.69, 9.17) is 16.3 Å². The third kappa shape index (κ3) is 6.76. The molecule has 3 aliphatic rings. The lowest BCUT2D eigenvalue weighted by Gasteiger charge is -2.45.